The van der Waals surface area contributed by atoms with Crippen LogP contribution in [0.15, 0.2) is 42.9 Å². The van der Waals surface area contributed by atoms with Crippen molar-refractivity contribution in [2.24, 2.45) is 18.4 Å². The first-order valence-corrected chi connectivity index (χ1v) is 8.63. The highest BCUT2D eigenvalue weighted by molar-refractivity contribution is 5.93. The van der Waals surface area contributed by atoms with Crippen LogP contribution in [0.25, 0.3) is 0 Å². The topological polar surface area (TPSA) is 56.6 Å². The van der Waals surface area contributed by atoms with Gasteiger partial charge in [-0.2, -0.15) is 0 Å². The third kappa shape index (κ3) is 3.07. The number of amides is 1. The van der Waals surface area contributed by atoms with Crippen LogP contribution in [0, 0.1) is 11.3 Å². The number of likely N-dealkylation sites (tertiary alicyclic amines) is 1. The van der Waals surface area contributed by atoms with Gasteiger partial charge in [-0.15, -0.1) is 0 Å². The smallest absolute Gasteiger partial charge is 0.270 e. The van der Waals surface area contributed by atoms with Crippen LogP contribution in [0.4, 0.5) is 0 Å². The van der Waals surface area contributed by atoms with Gasteiger partial charge in [0.05, 0.1) is 26.4 Å². The summed E-state index contributed by atoms with van der Waals surface area (Å²) in [5.41, 5.74) is 1.69. The predicted octanol–water partition coefficient (Wildman–Crippen LogP) is 1.73. The number of ether oxygens (including phenoxy) is 2. The van der Waals surface area contributed by atoms with Gasteiger partial charge in [0.15, 0.2) is 0 Å². The maximum Gasteiger partial charge on any atom is 0.270 e. The summed E-state index contributed by atoms with van der Waals surface area (Å²) in [7, 11) is 1.90. The molecule has 2 atom stereocenters. The SMILES string of the molecule is Cn1cccc1C(=O)N1C[C@@H]2COC[C@]2(COCc2cccnc2)C1. The first-order chi connectivity index (χ1) is 12.2. The number of fused-ring (bicyclic) bond motifs is 1. The van der Waals surface area contributed by atoms with Crippen molar-refractivity contribution in [2.45, 2.75) is 6.61 Å². The maximum absolute atomic E-state index is 12.8. The lowest BCUT2D eigenvalue weighted by molar-refractivity contribution is 0.0184. The largest absolute Gasteiger partial charge is 0.380 e. The summed E-state index contributed by atoms with van der Waals surface area (Å²) < 4.78 is 13.6. The number of rotatable bonds is 5. The van der Waals surface area contributed by atoms with E-state index >= 15 is 0 Å². The number of hydrogen-bond acceptors (Lipinski definition) is 4. The Balaban J connectivity index is 1.42. The van der Waals surface area contributed by atoms with E-state index in [4.69, 9.17) is 9.47 Å². The standard InChI is InChI=1S/C19H23N3O3/c1-21-7-3-5-17(21)18(23)22-9-16-11-25-14-19(16,12-22)13-24-10-15-4-2-6-20-8-15/h2-8,16H,9-14H2,1H3/t16-,19-/m1/s1. The Labute approximate surface area is 147 Å². The van der Waals surface area contributed by atoms with E-state index in [0.717, 1.165) is 17.8 Å². The maximum atomic E-state index is 12.8. The first kappa shape index (κ1) is 16.3. The van der Waals surface area contributed by atoms with E-state index in [2.05, 4.69) is 4.98 Å². The Kier molecular flexibility index (Phi) is 4.31. The van der Waals surface area contributed by atoms with Gasteiger partial charge in [-0.05, 0) is 23.8 Å². The van der Waals surface area contributed by atoms with Crippen LogP contribution in [-0.2, 0) is 23.1 Å². The molecule has 2 aliphatic heterocycles. The van der Waals surface area contributed by atoms with Gasteiger partial charge in [-0.3, -0.25) is 9.78 Å². The summed E-state index contributed by atoms with van der Waals surface area (Å²) in [6.07, 6.45) is 5.48. The number of aromatic nitrogens is 2. The average Bonchev–Trinajstić information content (AvgIpc) is 3.29. The molecular formula is C19H23N3O3. The molecule has 2 aromatic heterocycles. The van der Waals surface area contributed by atoms with Gasteiger partial charge in [0.25, 0.3) is 5.91 Å². The average molecular weight is 341 g/mol. The van der Waals surface area contributed by atoms with Crippen LogP contribution >= 0.6 is 0 Å². The fourth-order valence-corrected chi connectivity index (χ4v) is 3.89. The second-order valence-electron chi connectivity index (χ2n) is 7.12. The lowest BCUT2D eigenvalue weighted by Crippen LogP contribution is -2.37. The normalized spacial score (nSPS) is 25.3. The van der Waals surface area contributed by atoms with Crippen LogP contribution < -0.4 is 0 Å². The van der Waals surface area contributed by atoms with E-state index in [9.17, 15) is 4.79 Å². The molecule has 2 aromatic rings. The highest BCUT2D eigenvalue weighted by Crippen LogP contribution is 2.42. The molecular weight excluding hydrogens is 318 g/mol. The van der Waals surface area contributed by atoms with E-state index < -0.39 is 0 Å². The molecule has 2 saturated heterocycles. The zero-order chi connectivity index (χ0) is 17.3. The number of carbonyl (C=O) groups excluding carboxylic acids is 1. The minimum absolute atomic E-state index is 0.0912. The molecule has 2 aliphatic rings. The summed E-state index contributed by atoms with van der Waals surface area (Å²) in [5, 5.41) is 0. The summed E-state index contributed by atoms with van der Waals surface area (Å²) in [6.45, 7) is 3.92. The van der Waals surface area contributed by atoms with Gasteiger partial charge in [-0.25, -0.2) is 0 Å². The van der Waals surface area contributed by atoms with Gasteiger partial charge in [0, 0.05) is 50.1 Å². The zero-order valence-electron chi connectivity index (χ0n) is 14.4. The van der Waals surface area contributed by atoms with E-state index in [1.807, 2.05) is 53.2 Å². The zero-order valence-corrected chi connectivity index (χ0v) is 14.4. The van der Waals surface area contributed by atoms with Gasteiger partial charge < -0.3 is 18.9 Å². The van der Waals surface area contributed by atoms with E-state index in [0.29, 0.717) is 38.9 Å². The van der Waals surface area contributed by atoms with Crippen molar-refractivity contribution in [3.63, 3.8) is 0 Å². The molecule has 0 aromatic carbocycles. The summed E-state index contributed by atoms with van der Waals surface area (Å²) >= 11 is 0. The van der Waals surface area contributed by atoms with E-state index in [1.54, 1.807) is 6.20 Å². The van der Waals surface area contributed by atoms with Gasteiger partial charge in [0.2, 0.25) is 0 Å². The first-order valence-electron chi connectivity index (χ1n) is 8.63. The van der Waals surface area contributed by atoms with Crippen molar-refractivity contribution in [3.8, 4) is 0 Å². The second-order valence-corrected chi connectivity index (χ2v) is 7.12. The van der Waals surface area contributed by atoms with Crippen molar-refractivity contribution in [3.05, 3.63) is 54.1 Å². The second kappa shape index (κ2) is 6.61. The molecule has 4 heterocycles. The Bertz CT molecular complexity index is 745. The molecule has 25 heavy (non-hydrogen) atoms. The number of aryl methyl sites for hydroxylation is 1. The van der Waals surface area contributed by atoms with Crippen LogP contribution in [0.1, 0.15) is 16.1 Å². The van der Waals surface area contributed by atoms with Crippen molar-refractivity contribution < 1.29 is 14.3 Å². The van der Waals surface area contributed by atoms with E-state index in [-0.39, 0.29) is 11.3 Å². The molecule has 4 rings (SSSR count). The van der Waals surface area contributed by atoms with Crippen molar-refractivity contribution >= 4 is 5.91 Å². The third-order valence-corrected chi connectivity index (χ3v) is 5.35. The predicted molar refractivity (Wildman–Crippen MR) is 92.0 cm³/mol. The van der Waals surface area contributed by atoms with Crippen molar-refractivity contribution in [2.75, 3.05) is 32.9 Å². The number of pyridine rings is 1. The van der Waals surface area contributed by atoms with Crippen LogP contribution in [0.5, 0.6) is 0 Å². The minimum Gasteiger partial charge on any atom is -0.380 e. The molecule has 0 saturated carbocycles. The molecule has 1 amide bonds. The number of hydrogen-bond donors (Lipinski definition) is 0. The quantitative estimate of drug-likeness (QED) is 0.831. The molecule has 0 N–H and O–H groups in total. The number of nitrogens with zero attached hydrogens (tertiary/aromatic N) is 3. The van der Waals surface area contributed by atoms with Crippen LogP contribution in [0.2, 0.25) is 0 Å². The minimum atomic E-state index is -0.0942. The molecule has 6 heteroatoms. The summed E-state index contributed by atoms with van der Waals surface area (Å²) in [6, 6.07) is 7.69. The Hall–Kier alpha value is -2.18. The number of carbonyl (C=O) groups is 1. The van der Waals surface area contributed by atoms with Gasteiger partial charge >= 0.3 is 0 Å². The molecule has 0 aliphatic carbocycles. The Morgan fingerprint density at radius 3 is 3.12 bits per heavy atom. The Morgan fingerprint density at radius 1 is 1.44 bits per heavy atom. The Morgan fingerprint density at radius 2 is 2.36 bits per heavy atom. The van der Waals surface area contributed by atoms with Crippen molar-refractivity contribution in [1.82, 2.24) is 14.5 Å². The van der Waals surface area contributed by atoms with Crippen LogP contribution in [-0.4, -0.2) is 53.3 Å². The molecule has 0 unspecified atom stereocenters. The molecule has 6 nitrogen and oxygen atoms in total. The molecule has 0 spiro atoms. The third-order valence-electron chi connectivity index (χ3n) is 5.35. The highest BCUT2D eigenvalue weighted by Gasteiger charge is 2.52. The molecule has 132 valence electrons. The van der Waals surface area contributed by atoms with E-state index in [1.165, 1.54) is 0 Å². The molecule has 2 fully saturated rings. The van der Waals surface area contributed by atoms with Gasteiger partial charge in [-0.1, -0.05) is 6.07 Å². The lowest BCUT2D eigenvalue weighted by atomic mass is 9.82. The van der Waals surface area contributed by atoms with Crippen molar-refractivity contribution in [1.29, 1.82) is 0 Å². The summed E-state index contributed by atoms with van der Waals surface area (Å²) in [5.74, 6) is 0.430. The fourth-order valence-electron chi connectivity index (χ4n) is 3.89. The molecule has 0 bridgehead atoms. The fraction of sp³-hybridized carbons (Fsp3) is 0.474. The lowest BCUT2D eigenvalue weighted by Gasteiger charge is -2.27. The highest BCUT2D eigenvalue weighted by atomic mass is 16.5. The van der Waals surface area contributed by atoms with Gasteiger partial charge in [0.1, 0.15) is 5.69 Å². The summed E-state index contributed by atoms with van der Waals surface area (Å²) in [4.78, 5) is 18.9. The molecule has 0 radical (unpaired) electrons. The monoisotopic (exact) mass is 341 g/mol. The van der Waals surface area contributed by atoms with Crippen LogP contribution in [0.3, 0.4) is 0 Å².